The predicted molar refractivity (Wildman–Crippen MR) is 83.4 cm³/mol. The minimum atomic E-state index is -0.767. The highest BCUT2D eigenvalue weighted by atomic mass is 16.5. The first-order valence-electron chi connectivity index (χ1n) is 7.04. The van der Waals surface area contributed by atoms with Crippen molar-refractivity contribution in [2.75, 3.05) is 6.61 Å². The highest BCUT2D eigenvalue weighted by Gasteiger charge is 2.15. The molecule has 0 fully saturated rings. The van der Waals surface area contributed by atoms with Crippen LogP contribution in [0.5, 0.6) is 5.75 Å². The summed E-state index contributed by atoms with van der Waals surface area (Å²) in [5.74, 6) is 0.759. The number of fused-ring (bicyclic) bond motifs is 1. The topological polar surface area (TPSA) is 42.4 Å². The summed E-state index contributed by atoms with van der Waals surface area (Å²) < 4.78 is 5.49. The molecule has 1 aromatic heterocycles. The van der Waals surface area contributed by atoms with E-state index in [0.29, 0.717) is 12.3 Å². The Morgan fingerprint density at radius 1 is 1.10 bits per heavy atom. The number of hydrogen-bond acceptors (Lipinski definition) is 3. The fraction of sp³-hybridized carbons (Fsp3) is 0.167. The predicted octanol–water partition coefficient (Wildman–Crippen LogP) is 3.72. The van der Waals surface area contributed by atoms with E-state index in [-0.39, 0.29) is 0 Å². The molecule has 1 heterocycles. The monoisotopic (exact) mass is 279 g/mol. The highest BCUT2D eigenvalue weighted by molar-refractivity contribution is 5.84. The van der Waals surface area contributed by atoms with Crippen LogP contribution in [0, 0.1) is 0 Å². The van der Waals surface area contributed by atoms with Crippen molar-refractivity contribution in [1.29, 1.82) is 0 Å². The number of aromatic nitrogens is 1. The molecule has 3 heteroatoms. The minimum absolute atomic E-state index is 0.603. The van der Waals surface area contributed by atoms with E-state index in [4.69, 9.17) is 4.74 Å². The van der Waals surface area contributed by atoms with Gasteiger partial charge in [-0.3, -0.25) is 4.98 Å². The Morgan fingerprint density at radius 3 is 2.81 bits per heavy atom. The van der Waals surface area contributed by atoms with Crippen LogP contribution < -0.4 is 4.74 Å². The number of ether oxygens (including phenoxy) is 1. The number of nitrogens with zero attached hydrogens (tertiary/aromatic N) is 1. The maximum Gasteiger partial charge on any atom is 0.122 e. The highest BCUT2D eigenvalue weighted by Crippen LogP contribution is 2.28. The van der Waals surface area contributed by atoms with Crippen molar-refractivity contribution in [3.05, 3.63) is 72.1 Å². The SMILES string of the molecule is CCOc1cccc(C(O)c2nccc3ccccc23)c1. The molecule has 21 heavy (non-hydrogen) atoms. The molecule has 1 atom stereocenters. The molecule has 2 aromatic carbocycles. The second kappa shape index (κ2) is 5.94. The summed E-state index contributed by atoms with van der Waals surface area (Å²) in [7, 11) is 0. The number of aliphatic hydroxyl groups is 1. The first kappa shape index (κ1) is 13.6. The fourth-order valence-corrected chi connectivity index (χ4v) is 2.46. The molecule has 0 radical (unpaired) electrons. The summed E-state index contributed by atoms with van der Waals surface area (Å²) in [5, 5.41) is 12.7. The molecular weight excluding hydrogens is 262 g/mol. The zero-order valence-corrected chi connectivity index (χ0v) is 11.9. The average Bonchev–Trinajstić information content (AvgIpc) is 2.54. The lowest BCUT2D eigenvalue weighted by atomic mass is 10.0. The molecule has 3 nitrogen and oxygen atoms in total. The van der Waals surface area contributed by atoms with Crippen molar-refractivity contribution in [1.82, 2.24) is 4.98 Å². The lowest BCUT2D eigenvalue weighted by Crippen LogP contribution is -2.03. The number of rotatable bonds is 4. The summed E-state index contributed by atoms with van der Waals surface area (Å²) >= 11 is 0. The van der Waals surface area contributed by atoms with Crippen molar-refractivity contribution in [2.24, 2.45) is 0 Å². The third-order valence-corrected chi connectivity index (χ3v) is 3.45. The van der Waals surface area contributed by atoms with Crippen molar-refractivity contribution < 1.29 is 9.84 Å². The van der Waals surface area contributed by atoms with E-state index in [1.54, 1.807) is 6.20 Å². The largest absolute Gasteiger partial charge is 0.494 e. The van der Waals surface area contributed by atoms with Gasteiger partial charge in [-0.05, 0) is 36.1 Å². The molecule has 0 saturated carbocycles. The normalized spacial score (nSPS) is 12.3. The molecule has 0 aliphatic carbocycles. The van der Waals surface area contributed by atoms with E-state index in [1.165, 1.54) is 0 Å². The standard InChI is InChI=1S/C18H17NO2/c1-2-21-15-8-5-7-14(12-15)18(20)17-16-9-4-3-6-13(16)10-11-19-17/h3-12,18,20H,2H2,1H3. The van der Waals surface area contributed by atoms with Gasteiger partial charge in [0.1, 0.15) is 11.9 Å². The van der Waals surface area contributed by atoms with Crippen LogP contribution in [0.15, 0.2) is 60.8 Å². The lowest BCUT2D eigenvalue weighted by Gasteiger charge is -2.14. The van der Waals surface area contributed by atoms with Crippen LogP contribution in [0.4, 0.5) is 0 Å². The summed E-state index contributed by atoms with van der Waals surface area (Å²) in [6, 6.07) is 17.4. The van der Waals surface area contributed by atoms with Crippen LogP contribution in [0.25, 0.3) is 10.8 Å². The third kappa shape index (κ3) is 2.73. The maximum absolute atomic E-state index is 10.7. The second-order valence-electron chi connectivity index (χ2n) is 4.83. The van der Waals surface area contributed by atoms with Crippen molar-refractivity contribution in [2.45, 2.75) is 13.0 Å². The summed E-state index contributed by atoms with van der Waals surface area (Å²) in [6.07, 6.45) is 0.962. The second-order valence-corrected chi connectivity index (χ2v) is 4.83. The molecule has 1 N–H and O–H groups in total. The number of aliphatic hydroxyl groups excluding tert-OH is 1. The van der Waals surface area contributed by atoms with E-state index in [1.807, 2.05) is 61.5 Å². The van der Waals surface area contributed by atoms with Crippen molar-refractivity contribution in [3.63, 3.8) is 0 Å². The third-order valence-electron chi connectivity index (χ3n) is 3.45. The Balaban J connectivity index is 2.04. The van der Waals surface area contributed by atoms with E-state index in [0.717, 1.165) is 22.1 Å². The van der Waals surface area contributed by atoms with Crippen LogP contribution in [-0.4, -0.2) is 16.7 Å². The molecule has 0 amide bonds. The Morgan fingerprint density at radius 2 is 1.95 bits per heavy atom. The van der Waals surface area contributed by atoms with Gasteiger partial charge < -0.3 is 9.84 Å². The van der Waals surface area contributed by atoms with Gasteiger partial charge in [-0.1, -0.05) is 36.4 Å². The summed E-state index contributed by atoms with van der Waals surface area (Å²) in [5.41, 5.74) is 1.45. The molecule has 3 aromatic rings. The molecular formula is C18H17NO2. The molecule has 3 rings (SSSR count). The zero-order valence-electron chi connectivity index (χ0n) is 11.9. The van der Waals surface area contributed by atoms with Crippen LogP contribution in [-0.2, 0) is 0 Å². The number of pyridine rings is 1. The lowest BCUT2D eigenvalue weighted by molar-refractivity contribution is 0.216. The molecule has 0 aliphatic rings. The van der Waals surface area contributed by atoms with E-state index >= 15 is 0 Å². The van der Waals surface area contributed by atoms with Gasteiger partial charge in [0.05, 0.1) is 12.3 Å². The summed E-state index contributed by atoms with van der Waals surface area (Å²) in [6.45, 7) is 2.54. The van der Waals surface area contributed by atoms with Gasteiger partial charge in [0.25, 0.3) is 0 Å². The molecule has 0 bridgehead atoms. The van der Waals surface area contributed by atoms with Crippen LogP contribution >= 0.6 is 0 Å². The average molecular weight is 279 g/mol. The van der Waals surface area contributed by atoms with E-state index in [2.05, 4.69) is 4.98 Å². The van der Waals surface area contributed by atoms with Gasteiger partial charge >= 0.3 is 0 Å². The smallest absolute Gasteiger partial charge is 0.122 e. The fourth-order valence-electron chi connectivity index (χ4n) is 2.46. The number of hydrogen-bond donors (Lipinski definition) is 1. The zero-order chi connectivity index (χ0) is 14.7. The van der Waals surface area contributed by atoms with E-state index in [9.17, 15) is 5.11 Å². The Bertz CT molecular complexity index is 750. The van der Waals surface area contributed by atoms with Gasteiger partial charge in [0, 0.05) is 11.6 Å². The van der Waals surface area contributed by atoms with Crippen LogP contribution in [0.1, 0.15) is 24.3 Å². The molecule has 0 aliphatic heterocycles. The van der Waals surface area contributed by atoms with Gasteiger partial charge in [-0.25, -0.2) is 0 Å². The van der Waals surface area contributed by atoms with Gasteiger partial charge in [-0.15, -0.1) is 0 Å². The minimum Gasteiger partial charge on any atom is -0.494 e. The van der Waals surface area contributed by atoms with Crippen LogP contribution in [0.3, 0.4) is 0 Å². The molecule has 0 spiro atoms. The molecule has 1 unspecified atom stereocenters. The first-order valence-corrected chi connectivity index (χ1v) is 7.04. The quantitative estimate of drug-likeness (QED) is 0.791. The first-order chi connectivity index (χ1) is 10.3. The van der Waals surface area contributed by atoms with Gasteiger partial charge in [0.2, 0.25) is 0 Å². The van der Waals surface area contributed by atoms with E-state index < -0.39 is 6.10 Å². The van der Waals surface area contributed by atoms with Crippen molar-refractivity contribution in [3.8, 4) is 5.75 Å². The molecule has 106 valence electrons. The van der Waals surface area contributed by atoms with Crippen molar-refractivity contribution >= 4 is 10.8 Å². The molecule has 0 saturated heterocycles. The van der Waals surface area contributed by atoms with Gasteiger partial charge in [-0.2, -0.15) is 0 Å². The Kier molecular flexibility index (Phi) is 3.84. The van der Waals surface area contributed by atoms with Crippen LogP contribution in [0.2, 0.25) is 0 Å². The Labute approximate surface area is 123 Å². The maximum atomic E-state index is 10.7. The number of benzene rings is 2. The summed E-state index contributed by atoms with van der Waals surface area (Å²) in [4.78, 5) is 4.37. The van der Waals surface area contributed by atoms with Gasteiger partial charge in [0.15, 0.2) is 0 Å². The Hall–Kier alpha value is -2.39.